The van der Waals surface area contributed by atoms with Gasteiger partial charge in [0, 0.05) is 32.4 Å². The molecule has 1 fully saturated rings. The van der Waals surface area contributed by atoms with Crippen LogP contribution in [0.1, 0.15) is 18.4 Å². The number of amides is 2. The molecule has 0 aromatic heterocycles. The van der Waals surface area contributed by atoms with Crippen molar-refractivity contribution in [1.82, 2.24) is 10.2 Å². The van der Waals surface area contributed by atoms with Crippen molar-refractivity contribution < 1.29 is 9.53 Å². The number of hydrogen-bond acceptors (Lipinski definition) is 3. The standard InChI is InChI=1S/C16H25N3O2/c1-21-11-8-18-16(20)19-9-6-13(7-10-19)12-14-4-2-3-5-15(14)17/h2-5,13H,6-12,17H2,1H3,(H,18,20). The van der Waals surface area contributed by atoms with Crippen molar-refractivity contribution in [3.63, 3.8) is 0 Å². The van der Waals surface area contributed by atoms with Gasteiger partial charge in [-0.1, -0.05) is 18.2 Å². The lowest BCUT2D eigenvalue weighted by Crippen LogP contribution is -2.45. The number of methoxy groups -OCH3 is 1. The van der Waals surface area contributed by atoms with Gasteiger partial charge in [-0.05, 0) is 36.8 Å². The molecule has 116 valence electrons. The van der Waals surface area contributed by atoms with E-state index >= 15 is 0 Å². The Labute approximate surface area is 126 Å². The number of carbonyl (C=O) groups excluding carboxylic acids is 1. The number of benzene rings is 1. The number of ether oxygens (including phenoxy) is 1. The number of nitrogens with one attached hydrogen (secondary N) is 1. The highest BCUT2D eigenvalue weighted by Crippen LogP contribution is 2.24. The third-order valence-electron chi connectivity index (χ3n) is 4.05. The number of para-hydroxylation sites is 1. The van der Waals surface area contributed by atoms with Crippen molar-refractivity contribution in [2.75, 3.05) is 39.1 Å². The van der Waals surface area contributed by atoms with E-state index in [1.807, 2.05) is 23.1 Å². The molecule has 1 aromatic carbocycles. The van der Waals surface area contributed by atoms with Crippen molar-refractivity contribution in [1.29, 1.82) is 0 Å². The number of piperidine rings is 1. The molecule has 0 unspecified atom stereocenters. The summed E-state index contributed by atoms with van der Waals surface area (Å²) in [5.74, 6) is 0.609. The van der Waals surface area contributed by atoms with E-state index in [1.54, 1.807) is 7.11 Å². The van der Waals surface area contributed by atoms with Crippen LogP contribution in [0.15, 0.2) is 24.3 Å². The van der Waals surface area contributed by atoms with E-state index in [4.69, 9.17) is 10.5 Å². The fraction of sp³-hybridized carbons (Fsp3) is 0.562. The van der Waals surface area contributed by atoms with Crippen molar-refractivity contribution in [3.8, 4) is 0 Å². The quantitative estimate of drug-likeness (QED) is 0.643. The van der Waals surface area contributed by atoms with Crippen LogP contribution < -0.4 is 11.1 Å². The molecule has 2 amide bonds. The number of hydrogen-bond donors (Lipinski definition) is 2. The summed E-state index contributed by atoms with van der Waals surface area (Å²) in [6.45, 7) is 2.75. The van der Waals surface area contributed by atoms with Gasteiger partial charge in [0.15, 0.2) is 0 Å². The molecular weight excluding hydrogens is 266 g/mol. The Hall–Kier alpha value is -1.75. The maximum absolute atomic E-state index is 11.9. The van der Waals surface area contributed by atoms with E-state index in [2.05, 4.69) is 11.4 Å². The Kier molecular flexibility index (Phi) is 5.87. The van der Waals surface area contributed by atoms with Gasteiger partial charge in [0.1, 0.15) is 0 Å². The van der Waals surface area contributed by atoms with Gasteiger partial charge in [-0.2, -0.15) is 0 Å². The lowest BCUT2D eigenvalue weighted by molar-refractivity contribution is 0.161. The van der Waals surface area contributed by atoms with Crippen molar-refractivity contribution in [2.24, 2.45) is 5.92 Å². The van der Waals surface area contributed by atoms with Crippen LogP contribution in [0.2, 0.25) is 0 Å². The van der Waals surface area contributed by atoms with Crippen LogP contribution in [0.4, 0.5) is 10.5 Å². The topological polar surface area (TPSA) is 67.6 Å². The van der Waals surface area contributed by atoms with Crippen LogP contribution in [-0.2, 0) is 11.2 Å². The molecular formula is C16H25N3O2. The molecule has 1 heterocycles. The van der Waals surface area contributed by atoms with Gasteiger partial charge < -0.3 is 20.7 Å². The van der Waals surface area contributed by atoms with E-state index in [9.17, 15) is 4.79 Å². The molecule has 2 rings (SSSR count). The highest BCUT2D eigenvalue weighted by atomic mass is 16.5. The van der Waals surface area contributed by atoms with Crippen LogP contribution in [0.5, 0.6) is 0 Å². The first-order valence-corrected chi connectivity index (χ1v) is 7.55. The number of urea groups is 1. The van der Waals surface area contributed by atoms with Gasteiger partial charge in [0.25, 0.3) is 0 Å². The normalized spacial score (nSPS) is 16.0. The first kappa shape index (κ1) is 15.6. The fourth-order valence-corrected chi connectivity index (χ4v) is 2.74. The van der Waals surface area contributed by atoms with E-state index in [-0.39, 0.29) is 6.03 Å². The fourth-order valence-electron chi connectivity index (χ4n) is 2.74. The molecule has 1 aliphatic heterocycles. The second kappa shape index (κ2) is 7.88. The smallest absolute Gasteiger partial charge is 0.317 e. The molecule has 5 nitrogen and oxygen atoms in total. The third-order valence-corrected chi connectivity index (χ3v) is 4.05. The van der Waals surface area contributed by atoms with Gasteiger partial charge in [-0.25, -0.2) is 4.79 Å². The van der Waals surface area contributed by atoms with E-state index in [0.29, 0.717) is 19.1 Å². The molecule has 21 heavy (non-hydrogen) atoms. The average Bonchev–Trinajstić information content (AvgIpc) is 2.50. The zero-order valence-corrected chi connectivity index (χ0v) is 12.7. The molecule has 0 atom stereocenters. The van der Waals surface area contributed by atoms with Crippen molar-refractivity contribution >= 4 is 11.7 Å². The number of anilines is 1. The summed E-state index contributed by atoms with van der Waals surface area (Å²) in [5, 5.41) is 2.87. The van der Waals surface area contributed by atoms with Crippen LogP contribution in [0.3, 0.4) is 0 Å². The minimum atomic E-state index is 0.0183. The van der Waals surface area contributed by atoms with E-state index in [1.165, 1.54) is 5.56 Å². The second-order valence-electron chi connectivity index (χ2n) is 5.56. The number of nitrogens with two attached hydrogens (primary N) is 1. The van der Waals surface area contributed by atoms with Crippen LogP contribution in [0.25, 0.3) is 0 Å². The zero-order valence-electron chi connectivity index (χ0n) is 12.7. The van der Waals surface area contributed by atoms with Crippen LogP contribution in [-0.4, -0.2) is 44.3 Å². The number of rotatable bonds is 5. The Morgan fingerprint density at radius 3 is 2.76 bits per heavy atom. The molecule has 0 spiro atoms. The number of carbonyl (C=O) groups is 1. The average molecular weight is 291 g/mol. The minimum Gasteiger partial charge on any atom is -0.399 e. The van der Waals surface area contributed by atoms with Gasteiger partial charge in [-0.3, -0.25) is 0 Å². The lowest BCUT2D eigenvalue weighted by atomic mass is 9.90. The van der Waals surface area contributed by atoms with Gasteiger partial charge >= 0.3 is 6.03 Å². The first-order valence-electron chi connectivity index (χ1n) is 7.55. The number of nitrogen functional groups attached to an aromatic ring is 1. The largest absolute Gasteiger partial charge is 0.399 e. The maximum atomic E-state index is 11.9. The minimum absolute atomic E-state index is 0.0183. The summed E-state index contributed by atoms with van der Waals surface area (Å²) >= 11 is 0. The highest BCUT2D eigenvalue weighted by Gasteiger charge is 2.23. The predicted molar refractivity (Wildman–Crippen MR) is 84.1 cm³/mol. The summed E-state index contributed by atoms with van der Waals surface area (Å²) in [6.07, 6.45) is 3.07. The monoisotopic (exact) mass is 291 g/mol. The van der Waals surface area contributed by atoms with Crippen molar-refractivity contribution in [3.05, 3.63) is 29.8 Å². The summed E-state index contributed by atoms with van der Waals surface area (Å²) in [7, 11) is 1.63. The number of nitrogens with zero attached hydrogens (tertiary/aromatic N) is 1. The predicted octanol–water partition coefficient (Wildman–Crippen LogP) is 1.88. The lowest BCUT2D eigenvalue weighted by Gasteiger charge is -2.32. The van der Waals surface area contributed by atoms with Gasteiger partial charge in [0.05, 0.1) is 6.61 Å². The molecule has 0 saturated carbocycles. The second-order valence-corrected chi connectivity index (χ2v) is 5.56. The van der Waals surface area contributed by atoms with Crippen LogP contribution in [0, 0.1) is 5.92 Å². The summed E-state index contributed by atoms with van der Waals surface area (Å²) < 4.78 is 4.93. The molecule has 1 aliphatic rings. The number of likely N-dealkylation sites (tertiary alicyclic amines) is 1. The zero-order chi connectivity index (χ0) is 15.1. The van der Waals surface area contributed by atoms with E-state index < -0.39 is 0 Å². The summed E-state index contributed by atoms with van der Waals surface area (Å²) in [5.41, 5.74) is 8.09. The summed E-state index contributed by atoms with van der Waals surface area (Å²) in [4.78, 5) is 13.8. The molecule has 3 N–H and O–H groups in total. The Balaban J connectivity index is 1.75. The molecule has 5 heteroatoms. The molecule has 0 radical (unpaired) electrons. The van der Waals surface area contributed by atoms with E-state index in [0.717, 1.165) is 38.0 Å². The first-order chi connectivity index (χ1) is 10.2. The molecule has 1 aromatic rings. The summed E-state index contributed by atoms with van der Waals surface area (Å²) in [6, 6.07) is 8.06. The SMILES string of the molecule is COCCNC(=O)N1CCC(Cc2ccccc2N)CC1. The highest BCUT2D eigenvalue weighted by molar-refractivity contribution is 5.74. The van der Waals surface area contributed by atoms with Crippen molar-refractivity contribution in [2.45, 2.75) is 19.3 Å². The molecule has 0 bridgehead atoms. The van der Waals surface area contributed by atoms with Crippen LogP contribution >= 0.6 is 0 Å². The Morgan fingerprint density at radius 2 is 2.10 bits per heavy atom. The Morgan fingerprint density at radius 1 is 1.38 bits per heavy atom. The van der Waals surface area contributed by atoms with Gasteiger partial charge in [0.2, 0.25) is 0 Å². The molecule has 0 aliphatic carbocycles. The van der Waals surface area contributed by atoms with Gasteiger partial charge in [-0.15, -0.1) is 0 Å². The third kappa shape index (κ3) is 4.63. The maximum Gasteiger partial charge on any atom is 0.317 e. The Bertz CT molecular complexity index is 457. The molecule has 1 saturated heterocycles.